The second kappa shape index (κ2) is 4.14. The summed E-state index contributed by atoms with van der Waals surface area (Å²) in [6.45, 7) is 6.90. The summed E-state index contributed by atoms with van der Waals surface area (Å²) in [6.07, 6.45) is 0.344. The van der Waals surface area contributed by atoms with Crippen molar-refractivity contribution < 1.29 is 14.2 Å². The van der Waals surface area contributed by atoms with Crippen molar-refractivity contribution in [3.05, 3.63) is 23.8 Å². The molecule has 2 aliphatic rings. The first-order chi connectivity index (χ1) is 8.47. The van der Waals surface area contributed by atoms with Gasteiger partial charge in [-0.3, -0.25) is 0 Å². The molecule has 2 heterocycles. The van der Waals surface area contributed by atoms with Crippen molar-refractivity contribution in [1.82, 2.24) is 0 Å². The van der Waals surface area contributed by atoms with E-state index in [4.69, 9.17) is 14.2 Å². The number of halogens is 1. The van der Waals surface area contributed by atoms with Crippen molar-refractivity contribution in [2.45, 2.75) is 37.8 Å². The lowest BCUT2D eigenvalue weighted by Crippen LogP contribution is -2.51. The average Bonchev–Trinajstić information content (AvgIpc) is 2.72. The van der Waals surface area contributed by atoms with Crippen LogP contribution in [0.15, 0.2) is 18.2 Å². The summed E-state index contributed by atoms with van der Waals surface area (Å²) in [5, 5.41) is 0. The first-order valence-corrected chi connectivity index (χ1v) is 7.07. The fraction of sp³-hybridized carbons (Fsp3) is 0.571. The number of benzene rings is 1. The Morgan fingerprint density at radius 3 is 2.56 bits per heavy atom. The Hall–Kier alpha value is -0.740. The second-order valence-electron chi connectivity index (χ2n) is 5.90. The molecule has 0 N–H and O–H groups in total. The number of alkyl halides is 1. The highest BCUT2D eigenvalue weighted by Crippen LogP contribution is 2.49. The lowest BCUT2D eigenvalue weighted by molar-refractivity contribution is -0.162. The van der Waals surface area contributed by atoms with Gasteiger partial charge in [0.2, 0.25) is 6.79 Å². The first kappa shape index (κ1) is 12.3. The van der Waals surface area contributed by atoms with Gasteiger partial charge in [-0.2, -0.15) is 0 Å². The smallest absolute Gasteiger partial charge is 0.231 e. The molecule has 0 unspecified atom stereocenters. The average molecular weight is 313 g/mol. The van der Waals surface area contributed by atoms with Crippen LogP contribution < -0.4 is 9.47 Å². The van der Waals surface area contributed by atoms with Gasteiger partial charge in [0.25, 0.3) is 0 Å². The van der Waals surface area contributed by atoms with E-state index in [1.54, 1.807) is 0 Å². The van der Waals surface area contributed by atoms with Crippen molar-refractivity contribution in [3.8, 4) is 11.5 Å². The minimum absolute atomic E-state index is 0.101. The van der Waals surface area contributed by atoms with Crippen LogP contribution in [0.1, 0.15) is 32.4 Å². The maximum Gasteiger partial charge on any atom is 0.231 e. The molecular weight excluding hydrogens is 296 g/mol. The van der Waals surface area contributed by atoms with E-state index in [9.17, 15) is 0 Å². The monoisotopic (exact) mass is 312 g/mol. The molecule has 1 saturated heterocycles. The third-order valence-electron chi connectivity index (χ3n) is 3.45. The van der Waals surface area contributed by atoms with E-state index in [0.29, 0.717) is 11.6 Å². The minimum atomic E-state index is 0.101. The largest absolute Gasteiger partial charge is 0.454 e. The Morgan fingerprint density at radius 2 is 1.89 bits per heavy atom. The fourth-order valence-corrected chi connectivity index (χ4v) is 3.76. The Kier molecular flexibility index (Phi) is 2.83. The van der Waals surface area contributed by atoms with Crippen LogP contribution in [0.5, 0.6) is 11.5 Å². The predicted molar refractivity (Wildman–Crippen MR) is 72.3 cm³/mol. The van der Waals surface area contributed by atoms with Crippen molar-refractivity contribution in [1.29, 1.82) is 0 Å². The third-order valence-corrected chi connectivity index (χ3v) is 4.41. The van der Waals surface area contributed by atoms with Crippen LogP contribution in [0.25, 0.3) is 0 Å². The highest BCUT2D eigenvalue weighted by Gasteiger charge is 2.47. The van der Waals surface area contributed by atoms with Gasteiger partial charge in [0.15, 0.2) is 11.5 Å². The SMILES string of the molecule is CC(C)(C)[C@@H]1O[C@H](c2ccc3c(c2)OCO3)[C@H]1Br. The van der Waals surface area contributed by atoms with E-state index in [1.807, 2.05) is 18.2 Å². The molecule has 0 aliphatic carbocycles. The van der Waals surface area contributed by atoms with Gasteiger partial charge in [-0.25, -0.2) is 0 Å². The van der Waals surface area contributed by atoms with E-state index in [2.05, 4.69) is 36.7 Å². The molecule has 2 aliphatic heterocycles. The van der Waals surface area contributed by atoms with Gasteiger partial charge in [-0.15, -0.1) is 0 Å². The molecule has 0 aromatic heterocycles. The fourth-order valence-electron chi connectivity index (χ4n) is 2.41. The van der Waals surface area contributed by atoms with E-state index in [1.165, 1.54) is 0 Å². The van der Waals surface area contributed by atoms with E-state index in [0.717, 1.165) is 17.1 Å². The molecule has 0 amide bonds. The summed E-state index contributed by atoms with van der Waals surface area (Å²) < 4.78 is 16.7. The summed E-state index contributed by atoms with van der Waals surface area (Å²) >= 11 is 3.75. The van der Waals surface area contributed by atoms with Crippen molar-refractivity contribution in [2.75, 3.05) is 6.79 Å². The number of hydrogen-bond donors (Lipinski definition) is 0. The summed E-state index contributed by atoms with van der Waals surface area (Å²) in [6, 6.07) is 6.01. The standard InChI is InChI=1S/C14H17BrO3/c1-14(2,3)13-11(15)12(18-13)8-4-5-9-10(6-8)17-7-16-9/h4-6,11-13H,7H2,1-3H3/t11-,12-,13-/m1/s1. The summed E-state index contributed by atoms with van der Waals surface area (Å²) in [5.41, 5.74) is 1.29. The number of hydrogen-bond acceptors (Lipinski definition) is 3. The molecule has 3 nitrogen and oxygen atoms in total. The Balaban J connectivity index is 1.78. The van der Waals surface area contributed by atoms with Gasteiger partial charge >= 0.3 is 0 Å². The van der Waals surface area contributed by atoms with Gasteiger partial charge in [-0.05, 0) is 23.1 Å². The van der Waals surface area contributed by atoms with Crippen molar-refractivity contribution in [2.24, 2.45) is 5.41 Å². The van der Waals surface area contributed by atoms with Crippen molar-refractivity contribution >= 4 is 15.9 Å². The number of rotatable bonds is 1. The first-order valence-electron chi connectivity index (χ1n) is 6.16. The lowest BCUT2D eigenvalue weighted by atomic mass is 9.80. The number of ether oxygens (including phenoxy) is 3. The van der Waals surface area contributed by atoms with Crippen LogP contribution in [-0.2, 0) is 4.74 Å². The van der Waals surface area contributed by atoms with Gasteiger partial charge in [0, 0.05) is 0 Å². The topological polar surface area (TPSA) is 27.7 Å². The summed E-state index contributed by atoms with van der Waals surface area (Å²) in [4.78, 5) is 0.345. The molecule has 1 aromatic rings. The van der Waals surface area contributed by atoms with Crippen LogP contribution in [0.2, 0.25) is 0 Å². The molecule has 1 fully saturated rings. The molecule has 0 spiro atoms. The Bertz CT molecular complexity index is 467. The maximum absolute atomic E-state index is 6.02. The molecule has 1 aromatic carbocycles. The Morgan fingerprint density at radius 1 is 1.17 bits per heavy atom. The second-order valence-corrected chi connectivity index (χ2v) is 6.96. The van der Waals surface area contributed by atoms with Gasteiger partial charge in [-0.1, -0.05) is 42.8 Å². The zero-order chi connectivity index (χ0) is 12.9. The molecule has 18 heavy (non-hydrogen) atoms. The maximum atomic E-state index is 6.02. The molecule has 3 rings (SSSR count). The van der Waals surface area contributed by atoms with Crippen LogP contribution in [0.4, 0.5) is 0 Å². The Labute approximate surface area is 116 Å². The summed E-state index contributed by atoms with van der Waals surface area (Å²) in [5.74, 6) is 1.63. The van der Waals surface area contributed by atoms with Gasteiger partial charge in [0.1, 0.15) is 0 Å². The van der Waals surface area contributed by atoms with Crippen LogP contribution in [0, 0.1) is 5.41 Å². The molecule has 0 radical (unpaired) electrons. The van der Waals surface area contributed by atoms with Gasteiger partial charge in [0.05, 0.1) is 17.0 Å². The predicted octanol–water partition coefficient (Wildman–Crippen LogP) is 3.66. The molecular formula is C14H17BrO3. The van der Waals surface area contributed by atoms with Gasteiger partial charge < -0.3 is 14.2 Å². The zero-order valence-electron chi connectivity index (χ0n) is 10.8. The van der Waals surface area contributed by atoms with Crippen LogP contribution in [0.3, 0.4) is 0 Å². The molecule has 98 valence electrons. The number of fused-ring (bicyclic) bond motifs is 1. The lowest BCUT2D eigenvalue weighted by Gasteiger charge is -2.48. The quantitative estimate of drug-likeness (QED) is 0.741. The van der Waals surface area contributed by atoms with Crippen molar-refractivity contribution in [3.63, 3.8) is 0 Å². The minimum Gasteiger partial charge on any atom is -0.454 e. The molecule has 4 heteroatoms. The summed E-state index contributed by atoms with van der Waals surface area (Å²) in [7, 11) is 0. The van der Waals surface area contributed by atoms with Crippen LogP contribution in [-0.4, -0.2) is 17.7 Å². The molecule has 3 atom stereocenters. The highest BCUT2D eigenvalue weighted by atomic mass is 79.9. The van der Waals surface area contributed by atoms with E-state index >= 15 is 0 Å². The zero-order valence-corrected chi connectivity index (χ0v) is 12.4. The van der Waals surface area contributed by atoms with Crippen LogP contribution >= 0.6 is 15.9 Å². The molecule has 0 saturated carbocycles. The third kappa shape index (κ3) is 1.91. The highest BCUT2D eigenvalue weighted by molar-refractivity contribution is 9.09. The normalized spacial score (nSPS) is 30.1. The van der Waals surface area contributed by atoms with E-state index < -0.39 is 0 Å². The molecule has 0 bridgehead atoms. The van der Waals surface area contributed by atoms with E-state index in [-0.39, 0.29) is 17.6 Å².